The summed E-state index contributed by atoms with van der Waals surface area (Å²) in [6.07, 6.45) is 7.48. The molecule has 0 spiro atoms. The van der Waals surface area contributed by atoms with Gasteiger partial charge in [0, 0.05) is 110 Å². The third kappa shape index (κ3) is 28.9. The van der Waals surface area contributed by atoms with Crippen LogP contribution in [0.5, 0.6) is 0 Å². The summed E-state index contributed by atoms with van der Waals surface area (Å²) < 4.78 is 25.4. The number of carbonyl (C=O) groups is 7. The molecule has 17 heteroatoms. The Hall–Kier alpha value is -3.93. The Morgan fingerprint density at radius 2 is 0.771 bits per heavy atom. The van der Waals surface area contributed by atoms with Gasteiger partial charge in [0.2, 0.25) is 29.5 Å². The highest BCUT2D eigenvalue weighted by atomic mass is 16.5. The van der Waals surface area contributed by atoms with Gasteiger partial charge < -0.3 is 45.1 Å². The summed E-state index contributed by atoms with van der Waals surface area (Å²) in [6, 6.07) is 0. The van der Waals surface area contributed by atoms with Crippen LogP contribution in [0.2, 0.25) is 0 Å². The molecule has 1 aliphatic heterocycles. The molecule has 7 amide bonds. The van der Waals surface area contributed by atoms with E-state index in [1.165, 1.54) is 12.2 Å². The number of rotatable bonds is 38. The average Bonchev–Trinajstić information content (AvgIpc) is 3.61. The molecular formula is C66H122N6O11. The number of hydrogen-bond donors (Lipinski definition) is 4. The summed E-state index contributed by atoms with van der Waals surface area (Å²) >= 11 is 0. The molecule has 4 N–H and O–H groups in total. The van der Waals surface area contributed by atoms with Crippen molar-refractivity contribution in [1.82, 2.24) is 31.1 Å². The predicted molar refractivity (Wildman–Crippen MR) is 333 cm³/mol. The molecule has 482 valence electrons. The first-order valence-electron chi connectivity index (χ1n) is 30.8. The van der Waals surface area contributed by atoms with Crippen LogP contribution in [0, 0.1) is 32.5 Å². The molecule has 0 saturated carbocycles. The summed E-state index contributed by atoms with van der Waals surface area (Å²) in [5.74, 6) is -1.23. The lowest BCUT2D eigenvalue weighted by molar-refractivity contribution is -0.140. The molecule has 0 atom stereocenters. The zero-order valence-electron chi connectivity index (χ0n) is 57.5. The number of carbonyl (C=O) groups excluding carboxylic acids is 7. The van der Waals surface area contributed by atoms with Crippen LogP contribution in [0.25, 0.3) is 0 Å². The zero-order valence-corrected chi connectivity index (χ0v) is 57.5. The fourth-order valence-electron chi connectivity index (χ4n) is 9.28. The SMILES string of the molecule is CC(C)(C)CC(C)(C)C(=O)NC(C)(C)CCOC(C)(C)CCNC(=O)C(C)(C)CCOC(C)(C)CCN(CCC(C)(C)OCCC(C)(C)C(=O)NCCC(C)(C)OCCC(C)(C)NC(=O)C(C)(C)C(C)(C)C)C(=O)CCN1C(=O)C=CC1=O. The van der Waals surface area contributed by atoms with E-state index in [-0.39, 0.29) is 53.3 Å². The van der Waals surface area contributed by atoms with Crippen molar-refractivity contribution in [3.8, 4) is 0 Å². The van der Waals surface area contributed by atoms with Gasteiger partial charge in [-0.2, -0.15) is 0 Å². The highest BCUT2D eigenvalue weighted by Gasteiger charge is 2.42. The second kappa shape index (κ2) is 30.1. The lowest BCUT2D eigenvalue weighted by atomic mass is 9.68. The highest BCUT2D eigenvalue weighted by Crippen LogP contribution is 2.39. The first-order valence-corrected chi connectivity index (χ1v) is 30.8. The quantitative estimate of drug-likeness (QED) is 0.0427. The molecule has 0 aromatic carbocycles. The second-order valence-electron chi connectivity index (χ2n) is 32.2. The van der Waals surface area contributed by atoms with Gasteiger partial charge in [0.25, 0.3) is 11.8 Å². The number of ether oxygens (including phenoxy) is 4. The molecule has 1 aliphatic rings. The van der Waals surface area contributed by atoms with Crippen LogP contribution in [0.4, 0.5) is 0 Å². The third-order valence-corrected chi connectivity index (χ3v) is 16.8. The van der Waals surface area contributed by atoms with Crippen molar-refractivity contribution in [3.05, 3.63) is 12.2 Å². The van der Waals surface area contributed by atoms with Crippen LogP contribution in [0.3, 0.4) is 0 Å². The summed E-state index contributed by atoms with van der Waals surface area (Å²) in [6.45, 7) is 55.1. The molecule has 0 aromatic heterocycles. The van der Waals surface area contributed by atoms with E-state index in [1.54, 1.807) is 4.90 Å². The average molecular weight is 1180 g/mol. The van der Waals surface area contributed by atoms with Gasteiger partial charge in [0.15, 0.2) is 0 Å². The Balaban J connectivity index is 2.78. The van der Waals surface area contributed by atoms with Crippen molar-refractivity contribution >= 4 is 41.4 Å². The molecule has 0 aromatic rings. The standard InChI is InChI=1S/C66H122N6O11/c1-55(2,3)47-59(11,12)53(78)69-60(13,14)36-45-82-62(17,18)30-38-67-51(76)57(7,8)34-43-80-64(21,22)32-41-71(48(73)29-40-72-49(74)27-28-50(72)75)42-33-65(23,24)81-44-35-58(9,10)52(77)68-39-31-63(19,20)83-46-37-61(15,16)70-54(79)66(25,26)56(4,5)6/h27-28H,29-47H2,1-26H3,(H,67,76)(H,68,77)(H,69,78)(H,70,79). The van der Waals surface area contributed by atoms with Gasteiger partial charge in [-0.3, -0.25) is 38.5 Å². The number of hydrogen-bond acceptors (Lipinski definition) is 11. The lowest BCUT2D eigenvalue weighted by Crippen LogP contribution is -2.53. The lowest BCUT2D eigenvalue weighted by Gasteiger charge is -2.40. The predicted octanol–water partition coefficient (Wildman–Crippen LogP) is 11.0. The van der Waals surface area contributed by atoms with E-state index in [4.69, 9.17) is 18.9 Å². The van der Waals surface area contributed by atoms with Crippen LogP contribution in [0.15, 0.2) is 12.2 Å². The Morgan fingerprint density at radius 1 is 0.434 bits per heavy atom. The molecule has 0 radical (unpaired) electrons. The fraction of sp³-hybridized carbons (Fsp3) is 0.864. The maximum Gasteiger partial charge on any atom is 0.253 e. The third-order valence-electron chi connectivity index (χ3n) is 16.8. The van der Waals surface area contributed by atoms with Crippen LogP contribution in [-0.4, -0.2) is 144 Å². The Morgan fingerprint density at radius 3 is 1.12 bits per heavy atom. The zero-order chi connectivity index (χ0) is 64.7. The van der Waals surface area contributed by atoms with Gasteiger partial charge in [-0.1, -0.05) is 96.9 Å². The molecule has 0 saturated heterocycles. The van der Waals surface area contributed by atoms with E-state index in [0.29, 0.717) is 104 Å². The van der Waals surface area contributed by atoms with Crippen molar-refractivity contribution < 1.29 is 52.5 Å². The molecule has 0 aliphatic carbocycles. The van der Waals surface area contributed by atoms with Crippen LogP contribution in [-0.2, 0) is 52.5 Å². The summed E-state index contributed by atoms with van der Waals surface area (Å²) in [4.78, 5) is 94.8. The van der Waals surface area contributed by atoms with Gasteiger partial charge in [-0.25, -0.2) is 0 Å². The molecule has 0 fully saturated rings. The minimum absolute atomic E-state index is 0.0122. The first kappa shape index (κ1) is 77.1. The van der Waals surface area contributed by atoms with E-state index < -0.39 is 67.0 Å². The van der Waals surface area contributed by atoms with Gasteiger partial charge in [-0.15, -0.1) is 0 Å². The molecule has 1 heterocycles. The Labute approximate surface area is 504 Å². The topological polar surface area (TPSA) is 211 Å². The number of amides is 7. The molecule has 83 heavy (non-hydrogen) atoms. The number of imide groups is 1. The van der Waals surface area contributed by atoms with Gasteiger partial charge >= 0.3 is 0 Å². The normalized spacial score (nSPS) is 14.7. The Bertz CT molecular complexity index is 2170. The molecule has 17 nitrogen and oxygen atoms in total. The monoisotopic (exact) mass is 1170 g/mol. The first-order chi connectivity index (χ1) is 37.2. The largest absolute Gasteiger partial charge is 0.375 e. The van der Waals surface area contributed by atoms with E-state index in [2.05, 4.69) is 62.8 Å². The summed E-state index contributed by atoms with van der Waals surface area (Å²) in [5.41, 5.74) is -5.93. The van der Waals surface area contributed by atoms with Crippen LogP contribution < -0.4 is 21.3 Å². The van der Waals surface area contributed by atoms with Gasteiger partial charge in [0.1, 0.15) is 0 Å². The molecule has 1 rings (SSSR count). The molecular weight excluding hydrogens is 1050 g/mol. The fourth-order valence-corrected chi connectivity index (χ4v) is 9.28. The van der Waals surface area contributed by atoms with E-state index in [9.17, 15) is 33.6 Å². The van der Waals surface area contributed by atoms with E-state index in [1.807, 2.05) is 138 Å². The summed E-state index contributed by atoms with van der Waals surface area (Å²) in [7, 11) is 0. The van der Waals surface area contributed by atoms with Crippen molar-refractivity contribution in [2.45, 2.75) is 278 Å². The Kier molecular flexibility index (Phi) is 28.0. The maximum absolute atomic E-state index is 13.9. The van der Waals surface area contributed by atoms with Crippen LogP contribution >= 0.6 is 0 Å². The summed E-state index contributed by atoms with van der Waals surface area (Å²) in [5, 5.41) is 12.6. The van der Waals surface area contributed by atoms with E-state index >= 15 is 0 Å². The van der Waals surface area contributed by atoms with Crippen molar-refractivity contribution in [2.24, 2.45) is 32.5 Å². The van der Waals surface area contributed by atoms with Gasteiger partial charge in [0.05, 0.1) is 22.4 Å². The van der Waals surface area contributed by atoms with E-state index in [0.717, 1.165) is 11.3 Å². The van der Waals surface area contributed by atoms with Gasteiger partial charge in [-0.05, 0) is 152 Å². The molecule has 0 bridgehead atoms. The smallest absolute Gasteiger partial charge is 0.253 e. The molecule has 0 unspecified atom stereocenters. The second-order valence-corrected chi connectivity index (χ2v) is 32.2. The highest BCUT2D eigenvalue weighted by molar-refractivity contribution is 6.13. The maximum atomic E-state index is 13.9. The van der Waals surface area contributed by atoms with Crippen molar-refractivity contribution in [1.29, 1.82) is 0 Å². The van der Waals surface area contributed by atoms with Crippen LogP contribution in [0.1, 0.15) is 244 Å². The number of nitrogens with zero attached hydrogens (tertiary/aromatic N) is 2. The minimum atomic E-state index is -0.728. The van der Waals surface area contributed by atoms with Crippen molar-refractivity contribution in [3.63, 3.8) is 0 Å². The number of nitrogens with one attached hydrogen (secondary N) is 4. The minimum Gasteiger partial charge on any atom is -0.375 e. The van der Waals surface area contributed by atoms with Crippen molar-refractivity contribution in [2.75, 3.05) is 59.2 Å².